The Morgan fingerprint density at radius 3 is 2.55 bits per heavy atom. The molecule has 0 saturated carbocycles. The van der Waals surface area contributed by atoms with Crippen LogP contribution in [0.4, 0.5) is 0 Å². The van der Waals surface area contributed by atoms with Gasteiger partial charge in [0.2, 0.25) is 0 Å². The zero-order valence-corrected chi connectivity index (χ0v) is 8.11. The number of nitrogens with zero attached hydrogens (tertiary/aromatic N) is 1. The average Bonchev–Trinajstić information content (AvgIpc) is 2.07. The second kappa shape index (κ2) is 5.01. The lowest BCUT2D eigenvalue weighted by molar-refractivity contribution is 0.211. The third kappa shape index (κ3) is 3.01. The van der Waals surface area contributed by atoms with Crippen LogP contribution < -0.4 is 5.32 Å². The zero-order chi connectivity index (χ0) is 8.10. The van der Waals surface area contributed by atoms with E-state index in [-0.39, 0.29) is 0 Å². The molecule has 1 aliphatic heterocycles. The fourth-order valence-corrected chi connectivity index (χ4v) is 1.90. The minimum Gasteiger partial charge on any atom is -0.319 e. The van der Waals surface area contributed by atoms with Gasteiger partial charge in [-0.3, -0.25) is 4.90 Å². The van der Waals surface area contributed by atoms with Gasteiger partial charge in [0.1, 0.15) is 0 Å². The molecule has 1 saturated heterocycles. The van der Waals surface area contributed by atoms with E-state index in [9.17, 15) is 0 Å². The summed E-state index contributed by atoms with van der Waals surface area (Å²) >= 11 is 4.26. The lowest BCUT2D eigenvalue weighted by atomic mass is 9.97. The minimum absolute atomic E-state index is 0.899. The Morgan fingerprint density at radius 1 is 1.45 bits per heavy atom. The van der Waals surface area contributed by atoms with Crippen LogP contribution in [-0.4, -0.2) is 37.5 Å². The second-order valence-corrected chi connectivity index (χ2v) is 3.54. The van der Waals surface area contributed by atoms with Crippen LogP contribution in [0.25, 0.3) is 0 Å². The summed E-state index contributed by atoms with van der Waals surface area (Å²) in [7, 11) is 2.03. The molecule has 1 heterocycles. The van der Waals surface area contributed by atoms with Gasteiger partial charge in [-0.25, -0.2) is 0 Å². The summed E-state index contributed by atoms with van der Waals surface area (Å²) < 4.78 is 0. The molecule has 0 aromatic rings. The first-order valence-electron chi connectivity index (χ1n) is 4.34. The standard InChI is InChI=1S/C8H18N2S/c1-9-6-8-2-4-10(7-11)5-3-8/h8-9,11H,2-7H2,1H3. The van der Waals surface area contributed by atoms with Crippen molar-refractivity contribution in [3.05, 3.63) is 0 Å². The average molecular weight is 174 g/mol. The van der Waals surface area contributed by atoms with Gasteiger partial charge in [-0.2, -0.15) is 12.6 Å². The summed E-state index contributed by atoms with van der Waals surface area (Å²) in [6.07, 6.45) is 2.67. The van der Waals surface area contributed by atoms with Crippen molar-refractivity contribution < 1.29 is 0 Å². The Morgan fingerprint density at radius 2 is 2.09 bits per heavy atom. The number of rotatable bonds is 3. The Labute approximate surface area is 74.8 Å². The van der Waals surface area contributed by atoms with E-state index in [0.717, 1.165) is 11.8 Å². The van der Waals surface area contributed by atoms with Gasteiger partial charge >= 0.3 is 0 Å². The number of nitrogens with one attached hydrogen (secondary N) is 1. The van der Waals surface area contributed by atoms with E-state index in [4.69, 9.17) is 0 Å². The van der Waals surface area contributed by atoms with Crippen LogP contribution >= 0.6 is 12.6 Å². The molecule has 11 heavy (non-hydrogen) atoms. The van der Waals surface area contributed by atoms with Crippen molar-refractivity contribution in [3.8, 4) is 0 Å². The quantitative estimate of drug-likeness (QED) is 0.616. The molecule has 1 aliphatic rings. The summed E-state index contributed by atoms with van der Waals surface area (Å²) in [5.41, 5.74) is 0. The first kappa shape index (κ1) is 9.36. The monoisotopic (exact) mass is 174 g/mol. The minimum atomic E-state index is 0.899. The topological polar surface area (TPSA) is 15.3 Å². The smallest absolute Gasteiger partial charge is 0.0414 e. The highest BCUT2D eigenvalue weighted by atomic mass is 32.1. The maximum absolute atomic E-state index is 4.26. The highest BCUT2D eigenvalue weighted by molar-refractivity contribution is 7.80. The SMILES string of the molecule is CNCC1CCN(CS)CC1. The van der Waals surface area contributed by atoms with E-state index in [1.165, 1.54) is 32.5 Å². The first-order valence-corrected chi connectivity index (χ1v) is 4.98. The van der Waals surface area contributed by atoms with Crippen molar-refractivity contribution in [1.82, 2.24) is 10.2 Å². The molecule has 0 bridgehead atoms. The lowest BCUT2D eigenvalue weighted by Gasteiger charge is -2.30. The fraction of sp³-hybridized carbons (Fsp3) is 1.00. The third-order valence-corrected chi connectivity index (χ3v) is 2.80. The van der Waals surface area contributed by atoms with E-state index in [0.29, 0.717) is 0 Å². The predicted octanol–water partition coefficient (Wildman–Crippen LogP) is 0.805. The van der Waals surface area contributed by atoms with Crippen LogP contribution in [0.1, 0.15) is 12.8 Å². The first-order chi connectivity index (χ1) is 5.36. The van der Waals surface area contributed by atoms with E-state index in [1.807, 2.05) is 7.05 Å². The molecule has 0 radical (unpaired) electrons. The molecular formula is C8H18N2S. The second-order valence-electron chi connectivity index (χ2n) is 3.26. The van der Waals surface area contributed by atoms with Crippen molar-refractivity contribution in [1.29, 1.82) is 0 Å². The van der Waals surface area contributed by atoms with Crippen molar-refractivity contribution in [2.45, 2.75) is 12.8 Å². The molecule has 66 valence electrons. The molecule has 0 aromatic carbocycles. The van der Waals surface area contributed by atoms with Gasteiger partial charge < -0.3 is 5.32 Å². The van der Waals surface area contributed by atoms with Crippen molar-refractivity contribution in [3.63, 3.8) is 0 Å². The molecule has 0 atom stereocenters. The molecule has 0 aromatic heterocycles. The fourth-order valence-electron chi connectivity index (χ4n) is 1.62. The summed E-state index contributed by atoms with van der Waals surface area (Å²) in [6, 6.07) is 0. The van der Waals surface area contributed by atoms with Crippen LogP contribution in [-0.2, 0) is 0 Å². The molecule has 1 N–H and O–H groups in total. The van der Waals surface area contributed by atoms with Crippen LogP contribution in [0.2, 0.25) is 0 Å². The van der Waals surface area contributed by atoms with Crippen molar-refractivity contribution >= 4 is 12.6 Å². The third-order valence-electron chi connectivity index (χ3n) is 2.40. The Hall–Kier alpha value is 0.270. The van der Waals surface area contributed by atoms with Crippen molar-refractivity contribution in [2.75, 3.05) is 32.6 Å². The molecular weight excluding hydrogens is 156 g/mol. The normalized spacial score (nSPS) is 22.4. The van der Waals surface area contributed by atoms with Crippen LogP contribution in [0.3, 0.4) is 0 Å². The van der Waals surface area contributed by atoms with Gasteiger partial charge in [-0.05, 0) is 45.4 Å². The Bertz CT molecular complexity index is 100. The molecule has 0 aliphatic carbocycles. The van der Waals surface area contributed by atoms with Crippen molar-refractivity contribution in [2.24, 2.45) is 5.92 Å². The lowest BCUT2D eigenvalue weighted by Crippen LogP contribution is -2.35. The van der Waals surface area contributed by atoms with Gasteiger partial charge in [0.05, 0.1) is 0 Å². The van der Waals surface area contributed by atoms with Crippen LogP contribution in [0, 0.1) is 5.92 Å². The highest BCUT2D eigenvalue weighted by Crippen LogP contribution is 2.15. The number of hydrogen-bond acceptors (Lipinski definition) is 3. The van der Waals surface area contributed by atoms with Gasteiger partial charge in [0, 0.05) is 5.88 Å². The number of likely N-dealkylation sites (tertiary alicyclic amines) is 1. The molecule has 0 unspecified atom stereocenters. The van der Waals surface area contributed by atoms with Crippen LogP contribution in [0.5, 0.6) is 0 Å². The number of piperidine rings is 1. The van der Waals surface area contributed by atoms with Gasteiger partial charge in [0.25, 0.3) is 0 Å². The number of thiol groups is 1. The zero-order valence-electron chi connectivity index (χ0n) is 7.21. The summed E-state index contributed by atoms with van der Waals surface area (Å²) in [5, 5.41) is 3.23. The van der Waals surface area contributed by atoms with Crippen LogP contribution in [0.15, 0.2) is 0 Å². The van der Waals surface area contributed by atoms with E-state index in [1.54, 1.807) is 0 Å². The van der Waals surface area contributed by atoms with E-state index in [2.05, 4.69) is 22.8 Å². The Balaban J connectivity index is 2.14. The Kier molecular flexibility index (Phi) is 4.26. The summed E-state index contributed by atoms with van der Waals surface area (Å²) in [4.78, 5) is 2.40. The van der Waals surface area contributed by atoms with E-state index >= 15 is 0 Å². The van der Waals surface area contributed by atoms with Gasteiger partial charge in [-0.1, -0.05) is 0 Å². The van der Waals surface area contributed by atoms with E-state index < -0.39 is 0 Å². The largest absolute Gasteiger partial charge is 0.319 e. The maximum Gasteiger partial charge on any atom is 0.0414 e. The molecule has 3 heteroatoms. The predicted molar refractivity (Wildman–Crippen MR) is 52.1 cm³/mol. The van der Waals surface area contributed by atoms with Gasteiger partial charge in [-0.15, -0.1) is 0 Å². The molecule has 1 rings (SSSR count). The summed E-state index contributed by atoms with van der Waals surface area (Å²) in [6.45, 7) is 3.64. The molecule has 1 fully saturated rings. The summed E-state index contributed by atoms with van der Waals surface area (Å²) in [5.74, 6) is 1.82. The molecule has 2 nitrogen and oxygen atoms in total. The molecule has 0 amide bonds. The van der Waals surface area contributed by atoms with Gasteiger partial charge in [0.15, 0.2) is 0 Å². The molecule has 0 spiro atoms. The number of hydrogen-bond donors (Lipinski definition) is 2. The highest BCUT2D eigenvalue weighted by Gasteiger charge is 2.16. The maximum atomic E-state index is 4.26.